The number of aliphatic hydroxyl groups is 1. The minimum atomic E-state index is -0.984. The third-order valence-electron chi connectivity index (χ3n) is 7.33. The Morgan fingerprint density at radius 3 is 2.73 bits per heavy atom. The highest BCUT2D eigenvalue weighted by Crippen LogP contribution is 2.58. The van der Waals surface area contributed by atoms with Gasteiger partial charge in [-0.3, -0.25) is 14.4 Å². The van der Waals surface area contributed by atoms with Gasteiger partial charge in [0.2, 0.25) is 17.7 Å². The topological polar surface area (TPSA) is 108 Å². The van der Waals surface area contributed by atoms with Gasteiger partial charge in [-0.05, 0) is 38.2 Å². The van der Waals surface area contributed by atoms with Crippen molar-refractivity contribution in [2.75, 3.05) is 13.2 Å². The molecule has 3 saturated heterocycles. The Labute approximate surface area is 195 Å². The SMILES string of the molecule is CCCC(C)NC(=O)C1N(CCCO)C(=O)[C@@H]2[C@@H](C(=O)NCc3ccccc3)[C@H]3CCC12O3. The van der Waals surface area contributed by atoms with Gasteiger partial charge in [0.15, 0.2) is 0 Å². The summed E-state index contributed by atoms with van der Waals surface area (Å²) in [5, 5.41) is 15.4. The predicted octanol–water partition coefficient (Wildman–Crippen LogP) is 1.36. The molecule has 8 heteroatoms. The fourth-order valence-electron chi connectivity index (χ4n) is 5.97. The van der Waals surface area contributed by atoms with E-state index in [1.54, 1.807) is 4.90 Å². The molecule has 1 aromatic carbocycles. The quantitative estimate of drug-likeness (QED) is 0.492. The number of ether oxygens (including phenoxy) is 1. The first-order chi connectivity index (χ1) is 15.9. The molecule has 3 N–H and O–H groups in total. The van der Waals surface area contributed by atoms with Crippen LogP contribution in [-0.4, -0.2) is 64.7 Å². The van der Waals surface area contributed by atoms with E-state index in [9.17, 15) is 19.5 Å². The molecular formula is C25H35N3O5. The van der Waals surface area contributed by atoms with Crippen molar-refractivity contribution in [3.05, 3.63) is 35.9 Å². The molecule has 3 aliphatic heterocycles. The Balaban J connectivity index is 1.57. The molecule has 3 fully saturated rings. The van der Waals surface area contributed by atoms with E-state index in [-0.39, 0.29) is 43.0 Å². The van der Waals surface area contributed by atoms with E-state index >= 15 is 0 Å². The molecule has 1 aromatic rings. The highest BCUT2D eigenvalue weighted by Gasteiger charge is 2.74. The van der Waals surface area contributed by atoms with Crippen molar-refractivity contribution in [2.24, 2.45) is 11.8 Å². The molecule has 6 atom stereocenters. The van der Waals surface area contributed by atoms with Gasteiger partial charge in [-0.1, -0.05) is 43.7 Å². The lowest BCUT2D eigenvalue weighted by Crippen LogP contribution is -2.56. The minimum Gasteiger partial charge on any atom is -0.396 e. The van der Waals surface area contributed by atoms with Crippen LogP contribution in [0, 0.1) is 11.8 Å². The third-order valence-corrected chi connectivity index (χ3v) is 7.33. The number of nitrogens with one attached hydrogen (secondary N) is 2. The minimum absolute atomic E-state index is 0.0173. The first-order valence-electron chi connectivity index (χ1n) is 12.1. The Kier molecular flexibility index (Phi) is 7.05. The summed E-state index contributed by atoms with van der Waals surface area (Å²) >= 11 is 0. The summed E-state index contributed by atoms with van der Waals surface area (Å²) in [6, 6.07) is 8.83. The highest BCUT2D eigenvalue weighted by molar-refractivity contribution is 5.99. The Bertz CT molecular complexity index is 878. The van der Waals surface area contributed by atoms with Crippen LogP contribution in [0.4, 0.5) is 0 Å². The zero-order valence-electron chi connectivity index (χ0n) is 19.5. The lowest BCUT2D eigenvalue weighted by Gasteiger charge is -2.34. The van der Waals surface area contributed by atoms with Gasteiger partial charge in [-0.15, -0.1) is 0 Å². The molecule has 0 aliphatic carbocycles. The molecule has 3 aliphatic rings. The summed E-state index contributed by atoms with van der Waals surface area (Å²) in [5.41, 5.74) is -0.00348. The van der Waals surface area contributed by atoms with Crippen LogP contribution in [0.25, 0.3) is 0 Å². The summed E-state index contributed by atoms with van der Waals surface area (Å²) in [6.07, 6.45) is 3.01. The molecule has 0 aromatic heterocycles. The second-order valence-electron chi connectivity index (χ2n) is 9.57. The number of carbonyl (C=O) groups is 3. The smallest absolute Gasteiger partial charge is 0.246 e. The average molecular weight is 458 g/mol. The highest BCUT2D eigenvalue weighted by atomic mass is 16.5. The van der Waals surface area contributed by atoms with Gasteiger partial charge >= 0.3 is 0 Å². The monoisotopic (exact) mass is 457 g/mol. The standard InChI is InChI=1S/C25H35N3O5/c1-3-8-16(2)27-23(31)21-25-12-11-18(33-25)19(20(25)24(32)28(21)13-7-14-29)22(30)26-15-17-9-5-4-6-10-17/h4-6,9-10,16,18-21,29H,3,7-8,11-15H2,1-2H3,(H,26,30)(H,27,31)/t16?,18-,19+,20+,21?,25?/m1/s1. The van der Waals surface area contributed by atoms with Crippen LogP contribution in [-0.2, 0) is 25.7 Å². The summed E-state index contributed by atoms with van der Waals surface area (Å²) in [4.78, 5) is 41.8. The number of hydrogen-bond donors (Lipinski definition) is 3. The molecule has 0 saturated carbocycles. The van der Waals surface area contributed by atoms with Crippen LogP contribution < -0.4 is 10.6 Å². The lowest BCUT2D eigenvalue weighted by atomic mass is 9.70. The van der Waals surface area contributed by atoms with E-state index in [0.29, 0.717) is 25.8 Å². The maximum absolute atomic E-state index is 13.6. The van der Waals surface area contributed by atoms with Crippen molar-refractivity contribution in [3.8, 4) is 0 Å². The third kappa shape index (κ3) is 4.26. The molecule has 2 bridgehead atoms. The molecule has 1 spiro atoms. The van der Waals surface area contributed by atoms with Crippen molar-refractivity contribution in [2.45, 2.75) is 76.3 Å². The summed E-state index contributed by atoms with van der Waals surface area (Å²) in [7, 11) is 0. The molecular weight excluding hydrogens is 422 g/mol. The van der Waals surface area contributed by atoms with E-state index in [2.05, 4.69) is 17.6 Å². The lowest BCUT2D eigenvalue weighted by molar-refractivity contribution is -0.142. The largest absolute Gasteiger partial charge is 0.396 e. The molecule has 33 heavy (non-hydrogen) atoms. The molecule has 3 unspecified atom stereocenters. The van der Waals surface area contributed by atoms with Crippen molar-refractivity contribution >= 4 is 17.7 Å². The molecule has 0 radical (unpaired) electrons. The van der Waals surface area contributed by atoms with Crippen LogP contribution >= 0.6 is 0 Å². The van der Waals surface area contributed by atoms with Gasteiger partial charge in [0.05, 0.1) is 17.9 Å². The Hall–Kier alpha value is -2.45. The first-order valence-corrected chi connectivity index (χ1v) is 12.1. The van der Waals surface area contributed by atoms with Crippen molar-refractivity contribution in [1.29, 1.82) is 0 Å². The molecule has 3 heterocycles. The maximum Gasteiger partial charge on any atom is 0.246 e. The zero-order valence-corrected chi connectivity index (χ0v) is 19.5. The summed E-state index contributed by atoms with van der Waals surface area (Å²) in [5.74, 6) is -1.93. The van der Waals surface area contributed by atoms with E-state index in [1.165, 1.54) is 0 Å². The van der Waals surface area contributed by atoms with Crippen molar-refractivity contribution in [3.63, 3.8) is 0 Å². The number of likely N-dealkylation sites (tertiary alicyclic amines) is 1. The van der Waals surface area contributed by atoms with Gasteiger partial charge < -0.3 is 25.4 Å². The number of hydrogen-bond acceptors (Lipinski definition) is 5. The zero-order chi connectivity index (χ0) is 23.6. The predicted molar refractivity (Wildman–Crippen MR) is 122 cm³/mol. The van der Waals surface area contributed by atoms with Crippen LogP contribution in [0.3, 0.4) is 0 Å². The van der Waals surface area contributed by atoms with Gasteiger partial charge in [0, 0.05) is 25.7 Å². The first kappa shape index (κ1) is 23.7. The fraction of sp³-hybridized carbons (Fsp3) is 0.640. The number of amides is 3. The van der Waals surface area contributed by atoms with Crippen molar-refractivity contribution < 1.29 is 24.2 Å². The van der Waals surface area contributed by atoms with Crippen LogP contribution in [0.1, 0.15) is 51.5 Å². The molecule has 8 nitrogen and oxygen atoms in total. The van der Waals surface area contributed by atoms with Gasteiger partial charge in [0.1, 0.15) is 11.6 Å². The van der Waals surface area contributed by atoms with Crippen LogP contribution in [0.2, 0.25) is 0 Å². The second kappa shape index (κ2) is 9.81. The molecule has 4 rings (SSSR count). The fourth-order valence-corrected chi connectivity index (χ4v) is 5.97. The Morgan fingerprint density at radius 2 is 2.03 bits per heavy atom. The molecule has 3 amide bonds. The van der Waals surface area contributed by atoms with E-state index in [0.717, 1.165) is 18.4 Å². The number of rotatable bonds is 10. The normalized spacial score (nSPS) is 30.9. The average Bonchev–Trinajstić information content (AvgIpc) is 3.44. The van der Waals surface area contributed by atoms with E-state index in [4.69, 9.17) is 4.74 Å². The van der Waals surface area contributed by atoms with Gasteiger partial charge in [-0.25, -0.2) is 0 Å². The summed E-state index contributed by atoms with van der Waals surface area (Å²) in [6.45, 7) is 4.58. The second-order valence-corrected chi connectivity index (χ2v) is 9.57. The number of fused-ring (bicyclic) bond motifs is 1. The van der Waals surface area contributed by atoms with Gasteiger partial charge in [0.25, 0.3) is 0 Å². The van der Waals surface area contributed by atoms with E-state index < -0.39 is 23.5 Å². The summed E-state index contributed by atoms with van der Waals surface area (Å²) < 4.78 is 6.38. The van der Waals surface area contributed by atoms with E-state index in [1.807, 2.05) is 37.3 Å². The Morgan fingerprint density at radius 1 is 1.27 bits per heavy atom. The van der Waals surface area contributed by atoms with Crippen LogP contribution in [0.5, 0.6) is 0 Å². The van der Waals surface area contributed by atoms with Gasteiger partial charge in [-0.2, -0.15) is 0 Å². The number of aliphatic hydroxyl groups excluding tert-OH is 1. The number of carbonyl (C=O) groups excluding carboxylic acids is 3. The van der Waals surface area contributed by atoms with Crippen molar-refractivity contribution in [1.82, 2.24) is 15.5 Å². The number of benzene rings is 1. The van der Waals surface area contributed by atoms with Crippen LogP contribution in [0.15, 0.2) is 30.3 Å². The molecule has 180 valence electrons. The number of nitrogens with zero attached hydrogens (tertiary/aromatic N) is 1. The maximum atomic E-state index is 13.6.